The molecule has 0 heterocycles. The maximum atomic E-state index is 11.7. The van der Waals surface area contributed by atoms with Crippen molar-refractivity contribution in [3.05, 3.63) is 17.2 Å². The number of hydrogen-bond donors (Lipinski definition) is 0. The lowest BCUT2D eigenvalue weighted by Gasteiger charge is -2.09. The van der Waals surface area contributed by atoms with Crippen LogP contribution >= 0.6 is 0 Å². The summed E-state index contributed by atoms with van der Waals surface area (Å²) in [6.07, 6.45) is 4.46. The molecule has 0 spiro atoms. The smallest absolute Gasteiger partial charge is 0.456 e. The molecule has 0 rings (SSSR count). The van der Waals surface area contributed by atoms with E-state index in [1.165, 1.54) is 12.5 Å². The van der Waals surface area contributed by atoms with Crippen LogP contribution in [0.3, 0.4) is 0 Å². The number of nitrogens with zero attached hydrogens (tertiary/aromatic N) is 2. The molecule has 0 saturated carbocycles. The Bertz CT molecular complexity index is 544. The molecule has 0 aromatic heterocycles. The van der Waals surface area contributed by atoms with Crippen LogP contribution < -0.4 is 0 Å². The van der Waals surface area contributed by atoms with Crippen molar-refractivity contribution in [2.45, 2.75) is 47.0 Å². The van der Waals surface area contributed by atoms with Gasteiger partial charge in [-0.15, -0.1) is 4.79 Å². The van der Waals surface area contributed by atoms with Crippen LogP contribution in [0.1, 0.15) is 47.0 Å². The summed E-state index contributed by atoms with van der Waals surface area (Å²) >= 11 is 0. The summed E-state index contributed by atoms with van der Waals surface area (Å²) in [6.45, 7) is 7.41. The van der Waals surface area contributed by atoms with Crippen LogP contribution in [0.5, 0.6) is 0 Å². The molecule has 1 atom stereocenters. The van der Waals surface area contributed by atoms with Crippen LogP contribution in [0.4, 0.5) is 0 Å². The van der Waals surface area contributed by atoms with Crippen molar-refractivity contribution in [1.29, 1.82) is 0 Å². The van der Waals surface area contributed by atoms with Crippen LogP contribution in [-0.4, -0.2) is 37.4 Å². The number of allylic oxidation sites excluding steroid dienone is 2. The highest BCUT2D eigenvalue weighted by molar-refractivity contribution is 8.04. The Morgan fingerprint density at radius 3 is 2.45 bits per heavy atom. The predicted molar refractivity (Wildman–Crippen MR) is 82.6 cm³/mol. The fraction of sp³-hybridized carbons (Fsp3) is 0.714. The van der Waals surface area contributed by atoms with Gasteiger partial charge in [-0.3, -0.25) is 4.18 Å². The molecule has 0 N–H and O–H groups in total. The van der Waals surface area contributed by atoms with E-state index in [1.54, 1.807) is 0 Å². The van der Waals surface area contributed by atoms with Crippen molar-refractivity contribution in [1.82, 2.24) is 0 Å². The number of hydrogen-bond acceptors (Lipinski definition) is 5. The van der Waals surface area contributed by atoms with E-state index in [4.69, 9.17) is 9.71 Å². The Hall–Kier alpha value is -1.50. The van der Waals surface area contributed by atoms with E-state index in [1.807, 2.05) is 20.8 Å². The van der Waals surface area contributed by atoms with Gasteiger partial charge in [-0.1, -0.05) is 18.6 Å². The fourth-order valence-electron chi connectivity index (χ4n) is 1.60. The van der Waals surface area contributed by atoms with E-state index in [9.17, 15) is 13.2 Å². The summed E-state index contributed by atoms with van der Waals surface area (Å²) in [4.78, 5) is 13.8. The monoisotopic (exact) mass is 332 g/mol. The summed E-state index contributed by atoms with van der Waals surface area (Å²) in [6, 6.07) is 0. The largest absolute Gasteiger partial charge is 0.514 e. The molecule has 0 bridgehead atoms. The zero-order chi connectivity index (χ0) is 17.2. The van der Waals surface area contributed by atoms with E-state index >= 15 is 0 Å². The second kappa shape index (κ2) is 10.3. The minimum Gasteiger partial charge on any atom is -0.456 e. The van der Waals surface area contributed by atoms with Gasteiger partial charge in [-0.25, -0.2) is 4.79 Å². The molecule has 0 aromatic carbocycles. The van der Waals surface area contributed by atoms with Gasteiger partial charge in [0.15, 0.2) is 0 Å². The summed E-state index contributed by atoms with van der Waals surface area (Å²) < 4.78 is 32.7. The van der Waals surface area contributed by atoms with Crippen LogP contribution in [0, 0.1) is 5.92 Å². The Morgan fingerprint density at radius 1 is 1.32 bits per heavy atom. The first kappa shape index (κ1) is 20.5. The van der Waals surface area contributed by atoms with Gasteiger partial charge in [0, 0.05) is 0 Å². The van der Waals surface area contributed by atoms with E-state index in [0.717, 1.165) is 12.8 Å². The van der Waals surface area contributed by atoms with Gasteiger partial charge in [-0.2, -0.15) is 8.42 Å². The fourth-order valence-corrected chi connectivity index (χ4v) is 2.39. The van der Waals surface area contributed by atoms with Crippen molar-refractivity contribution >= 4 is 21.1 Å². The number of carbonyl (C=O) groups excluding carboxylic acids is 1. The molecule has 0 amide bonds. The standard InChI is InChI=1S/C14H24N2O5S/c1-5-20-14(17)13(16-15)22(18,19)21-10-9-12(4)8-6-7-11(2)3/h7,12H,5-6,8-10H2,1-4H3/t12-/m1/s1. The molecule has 0 saturated heterocycles. The van der Waals surface area contributed by atoms with Crippen molar-refractivity contribution in [3.8, 4) is 0 Å². The summed E-state index contributed by atoms with van der Waals surface area (Å²) in [5, 5.41) is -1.13. The normalized spacial score (nSPS) is 12.2. The molecule has 0 unspecified atom stereocenters. The molecule has 22 heavy (non-hydrogen) atoms. The Labute approximate surface area is 132 Å². The Kier molecular flexibility index (Phi) is 9.56. The molecule has 7 nitrogen and oxygen atoms in total. The maximum Gasteiger partial charge on any atom is 0.514 e. The highest BCUT2D eigenvalue weighted by Crippen LogP contribution is 2.13. The quantitative estimate of drug-likeness (QED) is 0.129. The van der Waals surface area contributed by atoms with Crippen molar-refractivity contribution in [3.63, 3.8) is 0 Å². The third-order valence-corrected chi connectivity index (χ3v) is 4.04. The minimum atomic E-state index is -4.41. The molecule has 0 fully saturated rings. The van der Waals surface area contributed by atoms with Gasteiger partial charge < -0.3 is 10.3 Å². The molecule has 0 aromatic rings. The predicted octanol–water partition coefficient (Wildman–Crippen LogP) is 2.30. The molecular weight excluding hydrogens is 308 g/mol. The summed E-state index contributed by atoms with van der Waals surface area (Å²) in [5.41, 5.74) is 9.90. The first-order chi connectivity index (χ1) is 10.2. The number of carbonyl (C=O) groups is 1. The zero-order valence-corrected chi connectivity index (χ0v) is 14.4. The van der Waals surface area contributed by atoms with E-state index in [2.05, 4.69) is 15.6 Å². The number of ether oxygens (including phenoxy) is 1. The van der Waals surface area contributed by atoms with Gasteiger partial charge in [-0.05, 0) is 46.0 Å². The first-order valence-corrected chi connectivity index (χ1v) is 8.57. The Morgan fingerprint density at radius 2 is 1.95 bits per heavy atom. The molecule has 0 radical (unpaired) electrons. The lowest BCUT2D eigenvalue weighted by atomic mass is 10.0. The average Bonchev–Trinajstić information content (AvgIpc) is 2.38. The van der Waals surface area contributed by atoms with Gasteiger partial charge in [0.2, 0.25) is 0 Å². The van der Waals surface area contributed by atoms with Gasteiger partial charge in [0.05, 0.1) is 13.2 Å². The van der Waals surface area contributed by atoms with Crippen LogP contribution in [0.25, 0.3) is 5.53 Å². The SMILES string of the molecule is CCOC(=O)C(=[N+]=[N-])S(=O)(=O)OCC[C@H](C)CCC=C(C)C. The third-order valence-electron chi connectivity index (χ3n) is 2.84. The number of rotatable bonds is 8. The summed E-state index contributed by atoms with van der Waals surface area (Å²) in [7, 11) is -4.41. The van der Waals surface area contributed by atoms with Crippen molar-refractivity contribution < 1.29 is 26.9 Å². The molecular formula is C14H24N2O5S. The zero-order valence-electron chi connectivity index (χ0n) is 13.5. The highest BCUT2D eigenvalue weighted by atomic mass is 32.2. The third kappa shape index (κ3) is 8.07. The molecule has 126 valence electrons. The second-order valence-corrected chi connectivity index (χ2v) is 6.69. The summed E-state index contributed by atoms with van der Waals surface area (Å²) in [5.74, 6) is -0.968. The molecule has 0 aliphatic rings. The van der Waals surface area contributed by atoms with E-state index in [-0.39, 0.29) is 19.1 Å². The maximum absolute atomic E-state index is 11.7. The first-order valence-electron chi connectivity index (χ1n) is 7.16. The van der Waals surface area contributed by atoms with Gasteiger partial charge in [0.25, 0.3) is 0 Å². The highest BCUT2D eigenvalue weighted by Gasteiger charge is 2.39. The molecule has 0 aliphatic carbocycles. The lowest BCUT2D eigenvalue weighted by Crippen LogP contribution is -2.29. The van der Waals surface area contributed by atoms with E-state index in [0.29, 0.717) is 6.42 Å². The van der Waals surface area contributed by atoms with Crippen LogP contribution in [0.2, 0.25) is 0 Å². The molecule has 0 aliphatic heterocycles. The van der Waals surface area contributed by atoms with E-state index < -0.39 is 21.1 Å². The molecule has 8 heteroatoms. The lowest BCUT2D eigenvalue weighted by molar-refractivity contribution is -0.139. The topological polar surface area (TPSA) is 106 Å². The van der Waals surface area contributed by atoms with Crippen molar-refractivity contribution in [2.24, 2.45) is 5.92 Å². The Balaban J connectivity index is 4.41. The van der Waals surface area contributed by atoms with Crippen LogP contribution in [-0.2, 0) is 23.8 Å². The average molecular weight is 332 g/mol. The van der Waals surface area contributed by atoms with Gasteiger partial charge in [0.1, 0.15) is 0 Å². The van der Waals surface area contributed by atoms with Crippen molar-refractivity contribution in [2.75, 3.05) is 13.2 Å². The van der Waals surface area contributed by atoms with Gasteiger partial charge >= 0.3 is 21.1 Å². The second-order valence-electron chi connectivity index (χ2n) is 5.15. The number of esters is 1. The van der Waals surface area contributed by atoms with Crippen LogP contribution in [0.15, 0.2) is 11.6 Å². The minimum absolute atomic E-state index is 0.0330.